The summed E-state index contributed by atoms with van der Waals surface area (Å²) in [7, 11) is 0. The number of fused-ring (bicyclic) bond motifs is 1. The Hall–Kier alpha value is -1.06. The van der Waals surface area contributed by atoms with Crippen molar-refractivity contribution in [3.63, 3.8) is 0 Å². The van der Waals surface area contributed by atoms with Gasteiger partial charge >= 0.3 is 0 Å². The van der Waals surface area contributed by atoms with E-state index in [2.05, 4.69) is 0 Å². The third-order valence-electron chi connectivity index (χ3n) is 4.22. The lowest BCUT2D eigenvalue weighted by Gasteiger charge is -2.41. The molecule has 3 N–H and O–H groups in total. The topological polar surface area (TPSA) is 97.6 Å². The van der Waals surface area contributed by atoms with Crippen LogP contribution in [0.5, 0.6) is 0 Å². The summed E-state index contributed by atoms with van der Waals surface area (Å²) in [5.41, 5.74) is 0.959. The SMILES string of the molecule is CC1(C)O[C@@H]2[C@H](OCc3ccccc3)O[C@H]([C@H](O)CO)[C@@H](O)[C@@H]2O1. The third kappa shape index (κ3) is 3.62. The van der Waals surface area contributed by atoms with Crippen molar-refractivity contribution in [1.29, 1.82) is 0 Å². The molecule has 0 saturated carbocycles. The summed E-state index contributed by atoms with van der Waals surface area (Å²) < 4.78 is 23.1. The molecular formula is C17H24O7. The molecule has 0 spiro atoms. The van der Waals surface area contributed by atoms with Gasteiger partial charge in [0.2, 0.25) is 0 Å². The van der Waals surface area contributed by atoms with Gasteiger partial charge in [0.1, 0.15) is 30.5 Å². The zero-order valence-corrected chi connectivity index (χ0v) is 13.7. The first-order valence-corrected chi connectivity index (χ1v) is 8.05. The number of hydrogen-bond donors (Lipinski definition) is 3. The Labute approximate surface area is 140 Å². The third-order valence-corrected chi connectivity index (χ3v) is 4.22. The van der Waals surface area contributed by atoms with E-state index >= 15 is 0 Å². The molecule has 0 radical (unpaired) electrons. The molecule has 3 rings (SSSR count). The van der Waals surface area contributed by atoms with Gasteiger partial charge in [-0.3, -0.25) is 0 Å². The van der Waals surface area contributed by atoms with E-state index in [1.165, 1.54) is 0 Å². The molecule has 2 aliphatic heterocycles. The van der Waals surface area contributed by atoms with E-state index in [1.807, 2.05) is 30.3 Å². The molecule has 7 nitrogen and oxygen atoms in total. The highest BCUT2D eigenvalue weighted by Gasteiger charge is 2.56. The van der Waals surface area contributed by atoms with Crippen LogP contribution in [-0.2, 0) is 25.6 Å². The lowest BCUT2D eigenvalue weighted by atomic mass is 9.95. The molecule has 0 aliphatic carbocycles. The molecule has 24 heavy (non-hydrogen) atoms. The van der Waals surface area contributed by atoms with Crippen molar-refractivity contribution in [3.8, 4) is 0 Å². The van der Waals surface area contributed by atoms with Crippen LogP contribution in [0, 0.1) is 0 Å². The van der Waals surface area contributed by atoms with Crippen LogP contribution in [0.3, 0.4) is 0 Å². The molecule has 6 atom stereocenters. The average Bonchev–Trinajstić information content (AvgIpc) is 2.90. The molecule has 2 saturated heterocycles. The van der Waals surface area contributed by atoms with Crippen LogP contribution in [0.2, 0.25) is 0 Å². The van der Waals surface area contributed by atoms with E-state index in [-0.39, 0.29) is 6.61 Å². The second-order valence-electron chi connectivity index (χ2n) is 6.57. The van der Waals surface area contributed by atoms with Crippen molar-refractivity contribution in [2.45, 2.75) is 63.1 Å². The Bertz CT molecular complexity index is 535. The number of benzene rings is 1. The van der Waals surface area contributed by atoms with Crippen molar-refractivity contribution in [2.24, 2.45) is 0 Å². The summed E-state index contributed by atoms with van der Waals surface area (Å²) in [6.07, 6.45) is -5.55. The van der Waals surface area contributed by atoms with Gasteiger partial charge in [-0.1, -0.05) is 30.3 Å². The highest BCUT2D eigenvalue weighted by molar-refractivity contribution is 5.13. The monoisotopic (exact) mass is 340 g/mol. The zero-order chi connectivity index (χ0) is 17.3. The van der Waals surface area contributed by atoms with Gasteiger partial charge in [-0.2, -0.15) is 0 Å². The molecule has 2 heterocycles. The van der Waals surface area contributed by atoms with E-state index in [0.717, 1.165) is 5.56 Å². The van der Waals surface area contributed by atoms with Gasteiger partial charge in [0, 0.05) is 0 Å². The van der Waals surface area contributed by atoms with Crippen LogP contribution in [0.1, 0.15) is 19.4 Å². The van der Waals surface area contributed by atoms with E-state index in [9.17, 15) is 15.3 Å². The highest BCUT2D eigenvalue weighted by atomic mass is 16.8. The van der Waals surface area contributed by atoms with Gasteiger partial charge in [-0.05, 0) is 19.4 Å². The van der Waals surface area contributed by atoms with E-state index < -0.39 is 49.2 Å². The van der Waals surface area contributed by atoms with Crippen LogP contribution in [0.4, 0.5) is 0 Å². The largest absolute Gasteiger partial charge is 0.394 e. The number of aliphatic hydroxyl groups is 3. The van der Waals surface area contributed by atoms with E-state index in [4.69, 9.17) is 18.9 Å². The van der Waals surface area contributed by atoms with Gasteiger partial charge in [0.05, 0.1) is 13.2 Å². The molecule has 2 fully saturated rings. The zero-order valence-electron chi connectivity index (χ0n) is 13.7. The summed E-state index contributed by atoms with van der Waals surface area (Å²) in [6.45, 7) is 3.23. The minimum Gasteiger partial charge on any atom is -0.394 e. The Balaban J connectivity index is 1.75. The van der Waals surface area contributed by atoms with Crippen molar-refractivity contribution >= 4 is 0 Å². The minimum absolute atomic E-state index is 0.288. The van der Waals surface area contributed by atoms with Gasteiger partial charge in [0.15, 0.2) is 12.1 Å². The molecule has 0 unspecified atom stereocenters. The molecular weight excluding hydrogens is 316 g/mol. The second-order valence-corrected chi connectivity index (χ2v) is 6.57. The molecule has 7 heteroatoms. The summed E-state index contributed by atoms with van der Waals surface area (Å²) >= 11 is 0. The summed E-state index contributed by atoms with van der Waals surface area (Å²) in [6, 6.07) is 9.57. The smallest absolute Gasteiger partial charge is 0.187 e. The Kier molecular flexibility index (Phi) is 5.22. The molecule has 134 valence electrons. The molecule has 0 bridgehead atoms. The first kappa shape index (κ1) is 17.8. The lowest BCUT2D eigenvalue weighted by molar-refractivity contribution is -0.295. The summed E-state index contributed by atoms with van der Waals surface area (Å²) in [5, 5.41) is 29.5. The summed E-state index contributed by atoms with van der Waals surface area (Å²) in [4.78, 5) is 0. The van der Waals surface area contributed by atoms with Crippen molar-refractivity contribution < 1.29 is 34.3 Å². The molecule has 0 aromatic heterocycles. The Morgan fingerprint density at radius 2 is 1.83 bits per heavy atom. The maximum atomic E-state index is 10.4. The predicted octanol–water partition coefficient (Wildman–Crippen LogP) is 0.162. The van der Waals surface area contributed by atoms with Crippen LogP contribution < -0.4 is 0 Å². The number of ether oxygens (including phenoxy) is 4. The van der Waals surface area contributed by atoms with Gasteiger partial charge < -0.3 is 34.3 Å². The van der Waals surface area contributed by atoms with Crippen molar-refractivity contribution in [1.82, 2.24) is 0 Å². The fraction of sp³-hybridized carbons (Fsp3) is 0.647. The molecule has 0 amide bonds. The van der Waals surface area contributed by atoms with Crippen LogP contribution >= 0.6 is 0 Å². The van der Waals surface area contributed by atoms with Crippen LogP contribution in [0.25, 0.3) is 0 Å². The van der Waals surface area contributed by atoms with Gasteiger partial charge in [0.25, 0.3) is 0 Å². The minimum atomic E-state index is -1.24. The number of hydrogen-bond acceptors (Lipinski definition) is 7. The molecule has 1 aromatic carbocycles. The quantitative estimate of drug-likeness (QED) is 0.702. The maximum absolute atomic E-state index is 10.4. The van der Waals surface area contributed by atoms with Crippen molar-refractivity contribution in [3.05, 3.63) is 35.9 Å². The van der Waals surface area contributed by atoms with E-state index in [0.29, 0.717) is 0 Å². The lowest BCUT2D eigenvalue weighted by Crippen LogP contribution is -2.60. The fourth-order valence-corrected chi connectivity index (χ4v) is 3.10. The van der Waals surface area contributed by atoms with Crippen LogP contribution in [0.15, 0.2) is 30.3 Å². The first-order valence-electron chi connectivity index (χ1n) is 8.05. The van der Waals surface area contributed by atoms with Gasteiger partial charge in [-0.15, -0.1) is 0 Å². The first-order chi connectivity index (χ1) is 11.4. The molecule has 2 aliphatic rings. The van der Waals surface area contributed by atoms with Crippen molar-refractivity contribution in [2.75, 3.05) is 6.61 Å². The predicted molar refractivity (Wildman–Crippen MR) is 82.8 cm³/mol. The fourth-order valence-electron chi connectivity index (χ4n) is 3.10. The van der Waals surface area contributed by atoms with E-state index in [1.54, 1.807) is 13.8 Å². The standard InChI is InChI=1S/C17H24O7/c1-17(2)23-14-12(20)13(11(19)8-18)22-16(15(14)24-17)21-9-10-6-4-3-5-7-10/h3-7,11-16,18-20H,8-9H2,1-2H3/t11-,12-,13-,14+,15+,16-/m1/s1. The highest BCUT2D eigenvalue weighted by Crippen LogP contribution is 2.38. The normalized spacial score (nSPS) is 36.3. The Morgan fingerprint density at radius 1 is 1.17 bits per heavy atom. The Morgan fingerprint density at radius 3 is 2.50 bits per heavy atom. The molecule has 1 aromatic rings. The number of rotatable bonds is 5. The average molecular weight is 340 g/mol. The maximum Gasteiger partial charge on any atom is 0.187 e. The second kappa shape index (κ2) is 7.05. The van der Waals surface area contributed by atoms with Crippen LogP contribution in [-0.4, -0.2) is 64.5 Å². The summed E-state index contributed by atoms with van der Waals surface area (Å²) in [5.74, 6) is -0.896. The number of aliphatic hydroxyl groups excluding tert-OH is 3. The van der Waals surface area contributed by atoms with Gasteiger partial charge in [-0.25, -0.2) is 0 Å².